The summed E-state index contributed by atoms with van der Waals surface area (Å²) in [5.41, 5.74) is 2.57. The number of anilines is 1. The number of barbiturate groups is 1. The lowest BCUT2D eigenvalue weighted by Crippen LogP contribution is -2.54. The number of rotatable bonds is 8. The highest BCUT2D eigenvalue weighted by Crippen LogP contribution is 2.60. The molecule has 5 aliphatic rings. The van der Waals surface area contributed by atoms with Gasteiger partial charge in [-0.1, -0.05) is 30.3 Å². The molecule has 0 atom stereocenters. The van der Waals surface area contributed by atoms with Crippen LogP contribution in [0.25, 0.3) is 6.08 Å². The third-order valence-electron chi connectivity index (χ3n) is 9.85. The van der Waals surface area contributed by atoms with Gasteiger partial charge in [-0.15, -0.1) is 0 Å². The predicted octanol–water partition coefficient (Wildman–Crippen LogP) is 7.70. The standard InChI is InChI=1S/C36H34BrFN2O5/c1-2-44-31-16-21(15-29(37)32(31)45-20-25-5-3-4-6-30(25)38)14-28-33(41)39-35(43)40(34(28)42)27-9-7-26(8-10-27)36-17-22-11-23(18-36)13-24(12-22)19-36/h3-10,14-16,22-24H,2,11-13,17-20H2,1H3,(H,39,41,43)/b28-14+. The molecule has 1 aliphatic heterocycles. The summed E-state index contributed by atoms with van der Waals surface area (Å²) in [5, 5.41) is 2.32. The SMILES string of the molecule is CCOc1cc(/C=C2\C(=O)NC(=O)N(c3ccc(C45CC6CC(CC(C6)C4)C5)cc3)C2=O)cc(Br)c1OCc1ccccc1F. The fourth-order valence-electron chi connectivity index (χ4n) is 8.33. The van der Waals surface area contributed by atoms with Crippen molar-refractivity contribution in [2.24, 2.45) is 17.8 Å². The molecule has 7 nitrogen and oxygen atoms in total. The van der Waals surface area contributed by atoms with Gasteiger partial charge in [-0.3, -0.25) is 14.9 Å². The number of ether oxygens (including phenoxy) is 2. The highest BCUT2D eigenvalue weighted by atomic mass is 79.9. The van der Waals surface area contributed by atoms with Crippen LogP contribution in [0.15, 0.2) is 70.7 Å². The first-order valence-electron chi connectivity index (χ1n) is 15.6. The number of halogens is 2. The molecule has 0 aromatic heterocycles. The van der Waals surface area contributed by atoms with Crippen molar-refractivity contribution in [3.8, 4) is 11.5 Å². The molecular formula is C36H34BrFN2O5. The van der Waals surface area contributed by atoms with Gasteiger partial charge in [0, 0.05) is 5.56 Å². The van der Waals surface area contributed by atoms with Crippen LogP contribution in [0.4, 0.5) is 14.9 Å². The van der Waals surface area contributed by atoms with Crippen LogP contribution in [0.1, 0.15) is 62.1 Å². The fourth-order valence-corrected chi connectivity index (χ4v) is 8.90. The van der Waals surface area contributed by atoms with Crippen molar-refractivity contribution in [1.29, 1.82) is 0 Å². The van der Waals surface area contributed by atoms with E-state index in [4.69, 9.17) is 9.47 Å². The number of benzene rings is 3. The van der Waals surface area contributed by atoms with Crippen LogP contribution in [0, 0.1) is 23.6 Å². The molecule has 0 spiro atoms. The first kappa shape index (κ1) is 29.7. The third kappa shape index (κ3) is 5.56. The molecule has 0 unspecified atom stereocenters. The van der Waals surface area contributed by atoms with Crippen molar-refractivity contribution >= 4 is 45.5 Å². The average Bonchev–Trinajstić information content (AvgIpc) is 2.99. The minimum atomic E-state index is -0.780. The molecule has 1 heterocycles. The van der Waals surface area contributed by atoms with E-state index in [-0.39, 0.29) is 23.4 Å². The molecule has 1 saturated heterocycles. The van der Waals surface area contributed by atoms with Gasteiger partial charge < -0.3 is 9.47 Å². The maximum Gasteiger partial charge on any atom is 0.335 e. The molecule has 1 N–H and O–H groups in total. The summed E-state index contributed by atoms with van der Waals surface area (Å²) < 4.78 is 26.4. The molecule has 232 valence electrons. The number of amides is 4. The summed E-state index contributed by atoms with van der Waals surface area (Å²) in [5.74, 6) is 1.26. The summed E-state index contributed by atoms with van der Waals surface area (Å²) in [4.78, 5) is 40.6. The van der Waals surface area contributed by atoms with Gasteiger partial charge in [0.2, 0.25) is 0 Å². The first-order valence-corrected chi connectivity index (χ1v) is 16.4. The van der Waals surface area contributed by atoms with E-state index in [1.54, 1.807) is 30.3 Å². The van der Waals surface area contributed by atoms with Gasteiger partial charge >= 0.3 is 6.03 Å². The largest absolute Gasteiger partial charge is 0.490 e. The Hall–Kier alpha value is -3.98. The summed E-state index contributed by atoms with van der Waals surface area (Å²) in [6, 6.07) is 16.7. The Kier molecular flexibility index (Phi) is 7.76. The molecular weight excluding hydrogens is 639 g/mol. The van der Waals surface area contributed by atoms with E-state index in [2.05, 4.69) is 33.4 Å². The second kappa shape index (κ2) is 11.7. The van der Waals surface area contributed by atoms with Crippen LogP contribution in [-0.2, 0) is 21.6 Å². The smallest absolute Gasteiger partial charge is 0.335 e. The van der Waals surface area contributed by atoms with E-state index in [1.165, 1.54) is 56.2 Å². The van der Waals surface area contributed by atoms with Crippen molar-refractivity contribution in [3.63, 3.8) is 0 Å². The predicted molar refractivity (Wildman–Crippen MR) is 171 cm³/mol. The summed E-state index contributed by atoms with van der Waals surface area (Å²) in [6.45, 7) is 2.12. The first-order chi connectivity index (χ1) is 21.7. The van der Waals surface area contributed by atoms with Gasteiger partial charge in [-0.05, 0) is 132 Å². The van der Waals surface area contributed by atoms with Crippen molar-refractivity contribution in [1.82, 2.24) is 5.32 Å². The Labute approximate surface area is 269 Å². The van der Waals surface area contributed by atoms with E-state index >= 15 is 0 Å². The van der Waals surface area contributed by atoms with Crippen molar-refractivity contribution in [2.75, 3.05) is 11.5 Å². The van der Waals surface area contributed by atoms with Crippen LogP contribution in [-0.4, -0.2) is 24.5 Å². The number of nitrogens with one attached hydrogen (secondary N) is 1. The van der Waals surface area contributed by atoms with E-state index in [0.717, 1.165) is 22.7 Å². The number of hydrogen-bond donors (Lipinski definition) is 1. The van der Waals surface area contributed by atoms with Gasteiger partial charge in [0.15, 0.2) is 11.5 Å². The van der Waals surface area contributed by atoms with E-state index in [1.807, 2.05) is 19.1 Å². The van der Waals surface area contributed by atoms with Crippen molar-refractivity contribution in [2.45, 2.75) is 57.5 Å². The molecule has 4 aliphatic carbocycles. The Bertz CT molecular complexity index is 1680. The summed E-state index contributed by atoms with van der Waals surface area (Å²) in [7, 11) is 0. The highest BCUT2D eigenvalue weighted by molar-refractivity contribution is 9.10. The van der Waals surface area contributed by atoms with E-state index in [0.29, 0.717) is 39.4 Å². The molecule has 0 radical (unpaired) electrons. The topological polar surface area (TPSA) is 84.9 Å². The normalized spacial score (nSPS) is 26.4. The Balaban J connectivity index is 1.14. The Morgan fingerprint density at radius 2 is 1.62 bits per heavy atom. The molecule has 8 rings (SSSR count). The second-order valence-electron chi connectivity index (χ2n) is 12.8. The van der Waals surface area contributed by atoms with Crippen LogP contribution in [0.5, 0.6) is 11.5 Å². The molecule has 9 heteroatoms. The quantitative estimate of drug-likeness (QED) is 0.196. The maximum absolute atomic E-state index is 14.2. The zero-order chi connectivity index (χ0) is 31.3. The minimum Gasteiger partial charge on any atom is -0.490 e. The summed E-state index contributed by atoms with van der Waals surface area (Å²) >= 11 is 3.50. The average molecular weight is 674 g/mol. The Morgan fingerprint density at radius 3 is 2.27 bits per heavy atom. The van der Waals surface area contributed by atoms with Crippen molar-refractivity contribution < 1.29 is 28.2 Å². The molecule has 3 aromatic rings. The van der Waals surface area contributed by atoms with E-state index in [9.17, 15) is 18.8 Å². The lowest BCUT2D eigenvalue weighted by molar-refractivity contribution is -0.122. The minimum absolute atomic E-state index is 0.0224. The van der Waals surface area contributed by atoms with Gasteiger partial charge in [-0.25, -0.2) is 14.1 Å². The lowest BCUT2D eigenvalue weighted by Gasteiger charge is -2.57. The lowest BCUT2D eigenvalue weighted by atomic mass is 9.48. The summed E-state index contributed by atoms with van der Waals surface area (Å²) in [6.07, 6.45) is 9.15. The zero-order valence-electron chi connectivity index (χ0n) is 25.0. The molecule has 45 heavy (non-hydrogen) atoms. The third-order valence-corrected chi connectivity index (χ3v) is 10.4. The molecule has 4 bridgehead atoms. The van der Waals surface area contributed by atoms with Gasteiger partial charge in [-0.2, -0.15) is 0 Å². The number of carbonyl (C=O) groups is 3. The molecule has 3 aromatic carbocycles. The van der Waals surface area contributed by atoms with Crippen LogP contribution in [0.2, 0.25) is 0 Å². The Morgan fingerprint density at radius 1 is 0.956 bits per heavy atom. The van der Waals surface area contributed by atoms with Crippen LogP contribution in [0.3, 0.4) is 0 Å². The number of carbonyl (C=O) groups excluding carboxylic acids is 3. The van der Waals surface area contributed by atoms with Crippen molar-refractivity contribution in [3.05, 3.63) is 93.2 Å². The molecule has 4 saturated carbocycles. The second-order valence-corrected chi connectivity index (χ2v) is 13.7. The highest BCUT2D eigenvalue weighted by Gasteiger charge is 2.51. The number of hydrogen-bond acceptors (Lipinski definition) is 5. The monoisotopic (exact) mass is 672 g/mol. The van der Waals surface area contributed by atoms with Gasteiger partial charge in [0.25, 0.3) is 11.8 Å². The zero-order valence-corrected chi connectivity index (χ0v) is 26.6. The number of urea groups is 1. The number of nitrogens with zero attached hydrogens (tertiary/aromatic N) is 1. The van der Waals surface area contributed by atoms with Crippen LogP contribution < -0.4 is 19.7 Å². The maximum atomic E-state index is 14.2. The fraction of sp³-hybridized carbons (Fsp3) is 0.361. The van der Waals surface area contributed by atoms with Gasteiger partial charge in [0.1, 0.15) is 18.0 Å². The van der Waals surface area contributed by atoms with E-state index < -0.39 is 17.8 Å². The number of imide groups is 2. The van der Waals surface area contributed by atoms with Gasteiger partial charge in [0.05, 0.1) is 16.8 Å². The van der Waals surface area contributed by atoms with Crippen LogP contribution >= 0.6 is 15.9 Å². The molecule has 4 amide bonds. The molecule has 5 fully saturated rings.